The number of hydrogen-bond donors (Lipinski definition) is 4. The van der Waals surface area contributed by atoms with Gasteiger partial charge in [-0.15, -0.1) is 0 Å². The number of allylic oxidation sites excluding steroid dienone is 2. The van der Waals surface area contributed by atoms with Gasteiger partial charge in [0.05, 0.1) is 25.2 Å². The molecule has 0 spiro atoms. The summed E-state index contributed by atoms with van der Waals surface area (Å²) < 4.78 is 5.58. The summed E-state index contributed by atoms with van der Waals surface area (Å²) in [5.41, 5.74) is 1.15. The van der Waals surface area contributed by atoms with Gasteiger partial charge in [-0.25, -0.2) is 0 Å². The monoisotopic (exact) mass is 522 g/mol. The van der Waals surface area contributed by atoms with E-state index in [9.17, 15) is 20.1 Å². The number of aliphatic hydroxyl groups excluding tert-OH is 3. The van der Waals surface area contributed by atoms with Crippen LogP contribution in [0.15, 0.2) is 30.4 Å². The topological polar surface area (TPSA) is 107 Å². The van der Waals surface area contributed by atoms with E-state index < -0.39 is 11.4 Å². The van der Waals surface area contributed by atoms with Gasteiger partial charge in [0.25, 0.3) is 0 Å². The van der Waals surface area contributed by atoms with Crippen molar-refractivity contribution in [1.82, 2.24) is 0 Å². The fourth-order valence-corrected chi connectivity index (χ4v) is 3.75. The Balaban J connectivity index is 0.000000708. The zero-order valence-electron chi connectivity index (χ0n) is 23.7. The average Bonchev–Trinajstić information content (AvgIpc) is 2.90. The highest BCUT2D eigenvalue weighted by molar-refractivity contribution is 5.66. The number of benzene rings is 1. The maximum Gasteiger partial charge on any atom is 0.303 e. The molecule has 6 heteroatoms. The lowest BCUT2D eigenvalue weighted by Gasteiger charge is -2.27. The van der Waals surface area contributed by atoms with Crippen LogP contribution in [0.4, 0.5) is 0 Å². The lowest BCUT2D eigenvalue weighted by molar-refractivity contribution is -0.137. The minimum absolute atomic E-state index is 0.0841. The molecule has 0 aliphatic carbocycles. The molecule has 0 saturated carbocycles. The number of carbonyl (C=O) groups is 1. The standard InChI is InChI=1S/C18H34O2.C13H20O4/c1-2-3-4-5-6-7-8-9-10-11-12-13-14-15-16-17-18(19)20;1-10-4-3-5-12(11(10)2)17-9-13(6-14,7-15)8-16/h9-10H,2-8,11-17H2,1H3,(H,19,20);3-5,14-16H,6-9H2,1-2H3/b10-9-;. The molecule has 37 heavy (non-hydrogen) atoms. The molecule has 1 aromatic carbocycles. The molecule has 0 heterocycles. The molecule has 0 aliphatic heterocycles. The lowest BCUT2D eigenvalue weighted by atomic mass is 9.92. The van der Waals surface area contributed by atoms with Crippen molar-refractivity contribution in [2.24, 2.45) is 5.41 Å². The van der Waals surface area contributed by atoms with Crippen molar-refractivity contribution >= 4 is 5.97 Å². The molecule has 0 aromatic heterocycles. The SMILES string of the molecule is CCCCCCCC/C=C\CCCCCCCC(=O)O.Cc1cccc(OCC(CO)(CO)CO)c1C. The van der Waals surface area contributed by atoms with Crippen LogP contribution in [0.25, 0.3) is 0 Å². The van der Waals surface area contributed by atoms with Crippen LogP contribution >= 0.6 is 0 Å². The molecule has 214 valence electrons. The first kappa shape index (κ1) is 35.1. The first-order valence-electron chi connectivity index (χ1n) is 14.2. The molecule has 0 fully saturated rings. The van der Waals surface area contributed by atoms with Gasteiger partial charge < -0.3 is 25.2 Å². The second-order valence-electron chi connectivity index (χ2n) is 10.2. The van der Waals surface area contributed by atoms with E-state index >= 15 is 0 Å². The Labute approximate surface area is 225 Å². The van der Waals surface area contributed by atoms with Crippen molar-refractivity contribution in [3.63, 3.8) is 0 Å². The smallest absolute Gasteiger partial charge is 0.303 e. The van der Waals surface area contributed by atoms with Crippen LogP contribution in [0.1, 0.15) is 108 Å². The van der Waals surface area contributed by atoms with E-state index in [1.807, 2.05) is 32.0 Å². The van der Waals surface area contributed by atoms with Crippen LogP contribution in [-0.2, 0) is 4.79 Å². The fourth-order valence-electron chi connectivity index (χ4n) is 3.75. The normalized spacial score (nSPS) is 11.4. The van der Waals surface area contributed by atoms with E-state index in [-0.39, 0.29) is 26.4 Å². The third-order valence-electron chi connectivity index (χ3n) is 6.75. The second-order valence-corrected chi connectivity index (χ2v) is 10.2. The van der Waals surface area contributed by atoms with Gasteiger partial charge in [0.2, 0.25) is 0 Å². The highest BCUT2D eigenvalue weighted by atomic mass is 16.5. The van der Waals surface area contributed by atoms with Gasteiger partial charge in [-0.3, -0.25) is 4.79 Å². The third kappa shape index (κ3) is 18.1. The number of ether oxygens (including phenoxy) is 1. The molecule has 0 unspecified atom stereocenters. The van der Waals surface area contributed by atoms with Gasteiger partial charge in [0.1, 0.15) is 12.4 Å². The lowest BCUT2D eigenvalue weighted by Crippen LogP contribution is -2.39. The van der Waals surface area contributed by atoms with Crippen LogP contribution in [0.3, 0.4) is 0 Å². The minimum atomic E-state index is -0.990. The molecule has 0 atom stereocenters. The van der Waals surface area contributed by atoms with Crippen molar-refractivity contribution in [2.45, 2.75) is 111 Å². The Hall–Kier alpha value is -1.89. The zero-order chi connectivity index (χ0) is 27.8. The molecule has 0 saturated heterocycles. The van der Waals surface area contributed by atoms with Gasteiger partial charge in [0, 0.05) is 6.42 Å². The summed E-state index contributed by atoms with van der Waals surface area (Å²) in [6, 6.07) is 5.70. The van der Waals surface area contributed by atoms with Gasteiger partial charge >= 0.3 is 5.97 Å². The number of carboxylic acid groups (broad SMARTS) is 1. The molecule has 6 nitrogen and oxygen atoms in total. The predicted molar refractivity (Wildman–Crippen MR) is 152 cm³/mol. The predicted octanol–water partition coefficient (Wildman–Crippen LogP) is 6.75. The molecule has 0 bridgehead atoms. The number of unbranched alkanes of at least 4 members (excludes halogenated alkanes) is 11. The van der Waals surface area contributed by atoms with Crippen LogP contribution in [0.5, 0.6) is 5.75 Å². The average molecular weight is 523 g/mol. The Morgan fingerprint density at radius 1 is 0.811 bits per heavy atom. The van der Waals surface area contributed by atoms with Crippen molar-refractivity contribution < 1.29 is 30.0 Å². The summed E-state index contributed by atoms with van der Waals surface area (Å²) in [5.74, 6) is 0.0485. The van der Waals surface area contributed by atoms with Crippen LogP contribution in [0, 0.1) is 19.3 Å². The van der Waals surface area contributed by atoms with E-state index in [0.717, 1.165) is 24.0 Å². The molecular formula is C31H54O6. The van der Waals surface area contributed by atoms with Gasteiger partial charge in [0.15, 0.2) is 0 Å². The molecule has 0 aliphatic rings. The molecule has 4 N–H and O–H groups in total. The van der Waals surface area contributed by atoms with Crippen molar-refractivity contribution in [3.05, 3.63) is 41.5 Å². The van der Waals surface area contributed by atoms with E-state index in [1.165, 1.54) is 70.6 Å². The largest absolute Gasteiger partial charge is 0.492 e. The van der Waals surface area contributed by atoms with Gasteiger partial charge in [-0.05, 0) is 63.1 Å². The number of carboxylic acids is 1. The van der Waals surface area contributed by atoms with E-state index in [0.29, 0.717) is 12.2 Å². The number of rotatable bonds is 21. The summed E-state index contributed by atoms with van der Waals surface area (Å²) in [6.45, 7) is 5.33. The van der Waals surface area contributed by atoms with E-state index in [4.69, 9.17) is 9.84 Å². The maximum atomic E-state index is 10.3. The second kappa shape index (κ2) is 23.2. The minimum Gasteiger partial charge on any atom is -0.492 e. The van der Waals surface area contributed by atoms with E-state index in [1.54, 1.807) is 0 Å². The molecular weight excluding hydrogens is 468 g/mol. The van der Waals surface area contributed by atoms with Crippen LogP contribution in [0.2, 0.25) is 0 Å². The zero-order valence-corrected chi connectivity index (χ0v) is 23.7. The van der Waals surface area contributed by atoms with Crippen molar-refractivity contribution in [3.8, 4) is 5.75 Å². The Bertz CT molecular complexity index is 703. The summed E-state index contributed by atoms with van der Waals surface area (Å²) in [7, 11) is 0. The quantitative estimate of drug-likeness (QED) is 0.105. The van der Waals surface area contributed by atoms with E-state index in [2.05, 4.69) is 19.1 Å². The summed E-state index contributed by atoms with van der Waals surface area (Å²) in [5, 5.41) is 36.0. The number of aliphatic hydroxyl groups is 3. The third-order valence-corrected chi connectivity index (χ3v) is 6.75. The summed E-state index contributed by atoms with van der Waals surface area (Å²) >= 11 is 0. The molecule has 1 aromatic rings. The first-order chi connectivity index (χ1) is 17.9. The fraction of sp³-hybridized carbons (Fsp3) is 0.710. The van der Waals surface area contributed by atoms with Crippen molar-refractivity contribution in [2.75, 3.05) is 26.4 Å². The highest BCUT2D eigenvalue weighted by Gasteiger charge is 2.29. The summed E-state index contributed by atoms with van der Waals surface area (Å²) in [4.78, 5) is 10.3. The first-order valence-corrected chi connectivity index (χ1v) is 14.2. The maximum absolute atomic E-state index is 10.3. The van der Waals surface area contributed by atoms with Crippen LogP contribution < -0.4 is 4.74 Å². The number of hydrogen-bond acceptors (Lipinski definition) is 5. The summed E-state index contributed by atoms with van der Waals surface area (Å²) in [6.07, 6.45) is 21.2. The molecule has 0 radical (unpaired) electrons. The Morgan fingerprint density at radius 2 is 1.32 bits per heavy atom. The highest BCUT2D eigenvalue weighted by Crippen LogP contribution is 2.24. The van der Waals surface area contributed by atoms with Crippen molar-refractivity contribution in [1.29, 1.82) is 0 Å². The molecule has 0 amide bonds. The Morgan fingerprint density at radius 3 is 1.84 bits per heavy atom. The number of aliphatic carboxylic acids is 1. The molecule has 1 rings (SSSR count). The Kier molecular flexibility index (Phi) is 22.1. The van der Waals surface area contributed by atoms with Gasteiger partial charge in [-0.2, -0.15) is 0 Å². The van der Waals surface area contributed by atoms with Gasteiger partial charge in [-0.1, -0.05) is 82.6 Å². The number of aryl methyl sites for hydroxylation is 1. The van der Waals surface area contributed by atoms with Crippen LogP contribution in [-0.4, -0.2) is 52.8 Å².